The van der Waals surface area contributed by atoms with Crippen LogP contribution in [-0.2, 0) is 0 Å². The number of nitrogens with zero attached hydrogens (tertiary/aromatic N) is 1. The van der Waals surface area contributed by atoms with Gasteiger partial charge in [0.25, 0.3) is 5.56 Å². The topological polar surface area (TPSA) is 75.1 Å². The van der Waals surface area contributed by atoms with E-state index < -0.39 is 11.2 Å². The Morgan fingerprint density at radius 1 is 1.35 bits per heavy atom. The molecule has 2 atom stereocenters. The molecule has 0 saturated heterocycles. The number of aromatic hydroxyl groups is 1. The SMILES string of the molecule is CC1CC1n1c(O)c(-c2ccccc2Cl)c(=O)[nH]c1=O. The molecule has 0 aliphatic heterocycles. The van der Waals surface area contributed by atoms with Gasteiger partial charge in [-0.15, -0.1) is 0 Å². The first-order chi connectivity index (χ1) is 9.50. The van der Waals surface area contributed by atoms with Crippen LogP contribution in [-0.4, -0.2) is 14.7 Å². The maximum atomic E-state index is 12.0. The van der Waals surface area contributed by atoms with E-state index in [0.717, 1.165) is 6.42 Å². The first-order valence-electron chi connectivity index (χ1n) is 6.33. The van der Waals surface area contributed by atoms with Crippen molar-refractivity contribution in [2.24, 2.45) is 5.92 Å². The van der Waals surface area contributed by atoms with Gasteiger partial charge in [0.2, 0.25) is 5.88 Å². The minimum atomic E-state index is -0.634. The second-order valence-electron chi connectivity index (χ2n) is 5.09. The van der Waals surface area contributed by atoms with E-state index in [1.54, 1.807) is 24.3 Å². The van der Waals surface area contributed by atoms with Crippen LogP contribution in [0.2, 0.25) is 5.02 Å². The van der Waals surface area contributed by atoms with Crippen LogP contribution < -0.4 is 11.2 Å². The molecule has 0 bridgehead atoms. The lowest BCUT2D eigenvalue weighted by molar-refractivity contribution is 0.400. The maximum Gasteiger partial charge on any atom is 0.331 e. The van der Waals surface area contributed by atoms with E-state index in [4.69, 9.17) is 11.6 Å². The van der Waals surface area contributed by atoms with Crippen LogP contribution in [0, 0.1) is 5.92 Å². The average Bonchev–Trinajstić information content (AvgIpc) is 3.08. The standard InChI is InChI=1S/C14H13ClN2O3/c1-7-6-10(7)17-13(19)11(12(18)16-14(17)20)8-4-2-3-5-9(8)15/h2-5,7,10,19H,6H2,1H3,(H,16,18,20). The fourth-order valence-electron chi connectivity index (χ4n) is 2.41. The van der Waals surface area contributed by atoms with Crippen molar-refractivity contribution in [1.29, 1.82) is 0 Å². The third-order valence-electron chi connectivity index (χ3n) is 3.66. The molecule has 20 heavy (non-hydrogen) atoms. The van der Waals surface area contributed by atoms with Crippen LogP contribution in [0.5, 0.6) is 5.88 Å². The quantitative estimate of drug-likeness (QED) is 0.890. The van der Waals surface area contributed by atoms with Crippen LogP contribution in [0.25, 0.3) is 11.1 Å². The molecule has 6 heteroatoms. The zero-order chi connectivity index (χ0) is 14.4. The van der Waals surface area contributed by atoms with Crippen molar-refractivity contribution in [3.05, 3.63) is 50.1 Å². The Morgan fingerprint density at radius 3 is 2.60 bits per heavy atom. The van der Waals surface area contributed by atoms with Crippen molar-refractivity contribution in [3.63, 3.8) is 0 Å². The van der Waals surface area contributed by atoms with Gasteiger partial charge in [0, 0.05) is 16.6 Å². The maximum absolute atomic E-state index is 12.0. The van der Waals surface area contributed by atoms with E-state index >= 15 is 0 Å². The van der Waals surface area contributed by atoms with Crippen LogP contribution in [0.1, 0.15) is 19.4 Å². The number of H-pyrrole nitrogens is 1. The Balaban J connectivity index is 2.30. The Kier molecular flexibility index (Phi) is 2.94. The number of halogens is 1. The van der Waals surface area contributed by atoms with Crippen molar-refractivity contribution in [1.82, 2.24) is 9.55 Å². The molecule has 2 aromatic rings. The lowest BCUT2D eigenvalue weighted by atomic mass is 10.1. The first kappa shape index (κ1) is 13.0. The highest BCUT2D eigenvalue weighted by Crippen LogP contribution is 2.44. The lowest BCUT2D eigenvalue weighted by Gasteiger charge is -2.11. The van der Waals surface area contributed by atoms with Crippen molar-refractivity contribution in [2.75, 3.05) is 0 Å². The molecule has 1 saturated carbocycles. The van der Waals surface area contributed by atoms with Crippen LogP contribution in [0.15, 0.2) is 33.9 Å². The van der Waals surface area contributed by atoms with Crippen molar-refractivity contribution >= 4 is 11.6 Å². The van der Waals surface area contributed by atoms with Gasteiger partial charge in [-0.25, -0.2) is 4.79 Å². The number of hydrogen-bond donors (Lipinski definition) is 2. The summed E-state index contributed by atoms with van der Waals surface area (Å²) in [4.78, 5) is 26.1. The summed E-state index contributed by atoms with van der Waals surface area (Å²) in [6, 6.07) is 6.65. The zero-order valence-corrected chi connectivity index (χ0v) is 11.5. The predicted molar refractivity (Wildman–Crippen MR) is 76.3 cm³/mol. The van der Waals surface area contributed by atoms with Gasteiger partial charge >= 0.3 is 5.69 Å². The van der Waals surface area contributed by atoms with Gasteiger partial charge in [-0.05, 0) is 18.4 Å². The smallest absolute Gasteiger partial charge is 0.331 e. The van der Waals surface area contributed by atoms with E-state index in [2.05, 4.69) is 4.98 Å². The highest BCUT2D eigenvalue weighted by Gasteiger charge is 2.38. The van der Waals surface area contributed by atoms with E-state index in [1.807, 2.05) is 6.92 Å². The molecule has 104 valence electrons. The second kappa shape index (κ2) is 4.52. The number of aromatic amines is 1. The molecule has 1 aromatic carbocycles. The molecular weight excluding hydrogens is 280 g/mol. The average molecular weight is 293 g/mol. The van der Waals surface area contributed by atoms with Gasteiger partial charge in [0.15, 0.2) is 0 Å². The molecule has 0 spiro atoms. The summed E-state index contributed by atoms with van der Waals surface area (Å²) in [5.74, 6) is -0.00945. The highest BCUT2D eigenvalue weighted by atomic mass is 35.5. The van der Waals surface area contributed by atoms with E-state index in [1.165, 1.54) is 4.57 Å². The Labute approximate surface area is 119 Å². The third-order valence-corrected chi connectivity index (χ3v) is 3.99. The number of hydrogen-bond acceptors (Lipinski definition) is 3. The molecule has 1 aliphatic carbocycles. The van der Waals surface area contributed by atoms with E-state index in [-0.39, 0.29) is 17.5 Å². The summed E-state index contributed by atoms with van der Waals surface area (Å²) in [6.07, 6.45) is 0.807. The molecule has 1 fully saturated rings. The third kappa shape index (κ3) is 1.94. The Bertz CT molecular complexity index is 794. The van der Waals surface area contributed by atoms with Crippen LogP contribution in [0.3, 0.4) is 0 Å². The minimum Gasteiger partial charge on any atom is -0.494 e. The summed E-state index contributed by atoms with van der Waals surface area (Å²) in [5, 5.41) is 10.7. The summed E-state index contributed by atoms with van der Waals surface area (Å²) in [7, 11) is 0. The summed E-state index contributed by atoms with van der Waals surface area (Å²) < 4.78 is 1.24. The first-order valence-corrected chi connectivity index (χ1v) is 6.71. The number of rotatable bonds is 2. The van der Waals surface area contributed by atoms with E-state index in [0.29, 0.717) is 16.5 Å². The number of aromatic nitrogens is 2. The zero-order valence-electron chi connectivity index (χ0n) is 10.8. The lowest BCUT2D eigenvalue weighted by Crippen LogP contribution is -2.30. The van der Waals surface area contributed by atoms with Gasteiger partial charge in [0.1, 0.15) is 5.56 Å². The monoisotopic (exact) mass is 292 g/mol. The number of nitrogens with one attached hydrogen (secondary N) is 1. The molecule has 5 nitrogen and oxygen atoms in total. The molecule has 1 aliphatic rings. The van der Waals surface area contributed by atoms with Gasteiger partial charge in [-0.2, -0.15) is 0 Å². The second-order valence-corrected chi connectivity index (χ2v) is 5.50. The largest absolute Gasteiger partial charge is 0.494 e. The Morgan fingerprint density at radius 2 is 2.00 bits per heavy atom. The molecule has 2 N–H and O–H groups in total. The van der Waals surface area contributed by atoms with Gasteiger partial charge in [0.05, 0.1) is 0 Å². The number of benzene rings is 1. The minimum absolute atomic E-state index is 0.0364. The van der Waals surface area contributed by atoms with Crippen molar-refractivity contribution in [2.45, 2.75) is 19.4 Å². The normalized spacial score (nSPS) is 20.9. The molecule has 3 rings (SSSR count). The Hall–Kier alpha value is -2.01. The molecule has 0 radical (unpaired) electrons. The summed E-state index contributed by atoms with van der Waals surface area (Å²) in [6.45, 7) is 1.98. The highest BCUT2D eigenvalue weighted by molar-refractivity contribution is 6.33. The van der Waals surface area contributed by atoms with Crippen LogP contribution >= 0.6 is 11.6 Å². The predicted octanol–water partition coefficient (Wildman–Crippen LogP) is 2.14. The van der Waals surface area contributed by atoms with Crippen molar-refractivity contribution < 1.29 is 5.11 Å². The summed E-state index contributed by atoms with van der Waals surface area (Å²) >= 11 is 6.07. The van der Waals surface area contributed by atoms with E-state index in [9.17, 15) is 14.7 Å². The summed E-state index contributed by atoms with van der Waals surface area (Å²) in [5.41, 5.74) is -0.771. The molecule has 0 amide bonds. The van der Waals surface area contributed by atoms with Crippen LogP contribution in [0.4, 0.5) is 0 Å². The molecule has 1 aromatic heterocycles. The molecule has 2 unspecified atom stereocenters. The van der Waals surface area contributed by atoms with Gasteiger partial charge < -0.3 is 5.11 Å². The fourth-order valence-corrected chi connectivity index (χ4v) is 2.64. The van der Waals surface area contributed by atoms with Gasteiger partial charge in [-0.1, -0.05) is 36.7 Å². The molecular formula is C14H13ClN2O3. The van der Waals surface area contributed by atoms with Crippen molar-refractivity contribution in [3.8, 4) is 17.0 Å². The van der Waals surface area contributed by atoms with Gasteiger partial charge in [-0.3, -0.25) is 14.3 Å². The fraction of sp³-hybridized carbons (Fsp3) is 0.286. The molecule has 1 heterocycles.